The van der Waals surface area contributed by atoms with Crippen molar-refractivity contribution >= 4 is 62.0 Å². The Morgan fingerprint density at radius 3 is 2.41 bits per heavy atom. The maximum Gasteiger partial charge on any atom is 0.302 e. The van der Waals surface area contributed by atoms with E-state index >= 15 is 4.39 Å². The Labute approximate surface area is 304 Å². The SMILES string of the molecule is C=CC1=[N+](CC[Si](C)(C)C)C2C(=C)[n+]3c(n(-c4ccccc4)c4ccccc43)-c3c(ccc4c3sc3c(F)cccc34)CCC2c2ccccc21. The molecule has 5 aromatic carbocycles. The number of imidazole rings is 1. The Kier molecular flexibility index (Phi) is 7.60. The highest BCUT2D eigenvalue weighted by molar-refractivity contribution is 7.26. The first-order valence-corrected chi connectivity index (χ1v) is 22.6. The number of thiophene rings is 1. The van der Waals surface area contributed by atoms with Crippen LogP contribution in [0.4, 0.5) is 4.39 Å². The van der Waals surface area contributed by atoms with Crippen molar-refractivity contribution in [2.24, 2.45) is 0 Å². The molecule has 0 aliphatic carbocycles. The van der Waals surface area contributed by atoms with Crippen LogP contribution in [0.25, 0.3) is 54.0 Å². The van der Waals surface area contributed by atoms with Crippen molar-refractivity contribution in [1.29, 1.82) is 0 Å². The van der Waals surface area contributed by atoms with Gasteiger partial charge in [0.15, 0.2) is 16.7 Å². The quantitative estimate of drug-likeness (QED) is 0.125. The maximum absolute atomic E-state index is 15.5. The topological polar surface area (TPSA) is 11.8 Å². The molecule has 7 aromatic rings. The van der Waals surface area contributed by atoms with Crippen LogP contribution in [0.3, 0.4) is 0 Å². The van der Waals surface area contributed by atoms with Crippen LogP contribution in [0.15, 0.2) is 128 Å². The predicted octanol–water partition coefficient (Wildman–Crippen LogP) is 11.0. The molecule has 2 aliphatic heterocycles. The van der Waals surface area contributed by atoms with E-state index in [0.29, 0.717) is 4.70 Å². The van der Waals surface area contributed by atoms with Crippen molar-refractivity contribution in [3.8, 4) is 17.1 Å². The van der Waals surface area contributed by atoms with E-state index in [4.69, 9.17) is 6.58 Å². The maximum atomic E-state index is 15.5. The first kappa shape index (κ1) is 32.0. The number of rotatable bonds is 5. The third kappa shape index (κ3) is 5.02. The molecule has 0 amide bonds. The third-order valence-electron chi connectivity index (χ3n) is 11.0. The standard InChI is InChI=1S/C45H42FN3SSi/c1-6-38-33-18-11-10-17-32(33)34-25-23-30-24-26-36-35-19-14-20-37(46)43(35)50-44(36)41(30)45-48(29(2)42(34)47(38)27-28-51(3,4)5)39-21-12-13-22-40(39)49(45)31-15-8-7-9-16-31/h6-22,24,26,34,42H,1-2,23,25,27-28H2,3-5H3/q+2. The van der Waals surface area contributed by atoms with Gasteiger partial charge in [-0.3, -0.25) is 0 Å². The second kappa shape index (κ2) is 12.1. The Hall–Kier alpha value is -4.91. The highest BCUT2D eigenvalue weighted by Gasteiger charge is 2.48. The molecular formula is C45H42FN3SSi+2. The molecule has 2 aliphatic rings. The summed E-state index contributed by atoms with van der Waals surface area (Å²) in [5.41, 5.74) is 10.7. The number of para-hydroxylation sites is 3. The molecule has 4 heterocycles. The van der Waals surface area contributed by atoms with Gasteiger partial charge in [0.25, 0.3) is 0 Å². The van der Waals surface area contributed by atoms with Gasteiger partial charge in [-0.05, 0) is 66.9 Å². The summed E-state index contributed by atoms with van der Waals surface area (Å²) in [4.78, 5) is 0. The second-order valence-corrected chi connectivity index (χ2v) is 21.9. The van der Waals surface area contributed by atoms with Crippen molar-refractivity contribution in [3.05, 3.63) is 151 Å². The van der Waals surface area contributed by atoms with Crippen molar-refractivity contribution in [1.82, 2.24) is 4.57 Å². The molecule has 252 valence electrons. The fraction of sp³-hybridized carbons (Fsp3) is 0.200. The number of allylic oxidation sites excluding steroid dienone is 1. The van der Waals surface area contributed by atoms with Crippen LogP contribution in [0.2, 0.25) is 25.7 Å². The Bertz CT molecular complexity index is 2590. The van der Waals surface area contributed by atoms with Gasteiger partial charge in [-0.15, -0.1) is 11.3 Å². The minimum atomic E-state index is -1.40. The van der Waals surface area contributed by atoms with Crippen molar-refractivity contribution in [2.45, 2.75) is 50.5 Å². The lowest BCUT2D eigenvalue weighted by Crippen LogP contribution is -2.50. The average Bonchev–Trinajstić information content (AvgIpc) is 3.70. The van der Waals surface area contributed by atoms with Crippen LogP contribution in [-0.4, -0.2) is 35.5 Å². The average molecular weight is 704 g/mol. The van der Waals surface area contributed by atoms with Crippen LogP contribution in [0, 0.1) is 5.82 Å². The lowest BCUT2D eigenvalue weighted by molar-refractivity contribution is -0.608. The Morgan fingerprint density at radius 2 is 1.61 bits per heavy atom. The molecule has 6 heteroatoms. The van der Waals surface area contributed by atoms with Crippen molar-refractivity contribution in [2.75, 3.05) is 6.54 Å². The predicted molar refractivity (Wildman–Crippen MR) is 216 cm³/mol. The number of hydrogen-bond acceptors (Lipinski definition) is 1. The molecule has 9 rings (SSSR count). The van der Waals surface area contributed by atoms with E-state index < -0.39 is 8.07 Å². The van der Waals surface area contributed by atoms with Crippen LogP contribution < -0.4 is 4.57 Å². The summed E-state index contributed by atoms with van der Waals surface area (Å²) in [5, 5.41) is 2.06. The molecule has 0 fully saturated rings. The van der Waals surface area contributed by atoms with Gasteiger partial charge in [-0.1, -0.05) is 99.0 Å². The van der Waals surface area contributed by atoms with Gasteiger partial charge in [0.05, 0.1) is 29.0 Å². The van der Waals surface area contributed by atoms with E-state index in [2.05, 4.69) is 143 Å². The molecule has 51 heavy (non-hydrogen) atoms. The van der Waals surface area contributed by atoms with E-state index in [0.717, 1.165) is 63.1 Å². The van der Waals surface area contributed by atoms with E-state index in [-0.39, 0.29) is 17.8 Å². The molecule has 0 spiro atoms. The third-order valence-corrected chi connectivity index (χ3v) is 14.0. The summed E-state index contributed by atoms with van der Waals surface area (Å²) in [7, 11) is -1.40. The molecule has 0 N–H and O–H groups in total. The Morgan fingerprint density at radius 1 is 0.863 bits per heavy atom. The zero-order valence-electron chi connectivity index (χ0n) is 29.5. The fourth-order valence-corrected chi connectivity index (χ4v) is 10.9. The minimum Gasteiger partial charge on any atom is -0.218 e. The van der Waals surface area contributed by atoms with Crippen LogP contribution in [0.1, 0.15) is 29.0 Å². The number of hydrogen-bond donors (Lipinski definition) is 0. The first-order valence-electron chi connectivity index (χ1n) is 18.0. The zero-order chi connectivity index (χ0) is 35.0. The molecule has 0 saturated carbocycles. The van der Waals surface area contributed by atoms with E-state index in [9.17, 15) is 0 Å². The second-order valence-electron chi connectivity index (χ2n) is 15.3. The summed E-state index contributed by atoms with van der Waals surface area (Å²) in [6.45, 7) is 17.8. The van der Waals surface area contributed by atoms with E-state index in [1.165, 1.54) is 34.0 Å². The molecule has 2 unspecified atom stereocenters. The normalized spacial score (nSPS) is 17.5. The van der Waals surface area contributed by atoms with Gasteiger partial charge >= 0.3 is 5.82 Å². The van der Waals surface area contributed by atoms with Gasteiger partial charge in [0.2, 0.25) is 11.8 Å². The summed E-state index contributed by atoms with van der Waals surface area (Å²) in [5.74, 6) is 1.11. The van der Waals surface area contributed by atoms with Crippen LogP contribution >= 0.6 is 11.3 Å². The van der Waals surface area contributed by atoms with Crippen molar-refractivity contribution < 1.29 is 13.5 Å². The van der Waals surface area contributed by atoms with Gasteiger partial charge < -0.3 is 0 Å². The van der Waals surface area contributed by atoms with Gasteiger partial charge in [-0.25, -0.2) is 8.97 Å². The van der Waals surface area contributed by atoms with Gasteiger partial charge in [0.1, 0.15) is 18.0 Å². The summed E-state index contributed by atoms with van der Waals surface area (Å²) < 4.78 is 24.9. The molecule has 0 saturated heterocycles. The van der Waals surface area contributed by atoms with Crippen LogP contribution in [-0.2, 0) is 6.42 Å². The van der Waals surface area contributed by atoms with E-state index in [1.807, 2.05) is 6.07 Å². The largest absolute Gasteiger partial charge is 0.302 e. The number of fused-ring (bicyclic) bond motifs is 12. The molecular weight excluding hydrogens is 662 g/mol. The Balaban J connectivity index is 1.43. The van der Waals surface area contributed by atoms with Gasteiger partial charge in [-0.2, -0.15) is 9.13 Å². The molecule has 0 bridgehead atoms. The molecule has 0 radical (unpaired) electrons. The summed E-state index contributed by atoms with van der Waals surface area (Å²) in [6.07, 6.45) is 3.91. The fourth-order valence-electron chi connectivity index (χ4n) is 8.70. The molecule has 2 aromatic heterocycles. The molecule has 3 nitrogen and oxygen atoms in total. The number of nitrogens with zero attached hydrogens (tertiary/aromatic N) is 3. The number of benzene rings is 5. The summed E-state index contributed by atoms with van der Waals surface area (Å²) in [6, 6.07) is 39.6. The van der Waals surface area contributed by atoms with Gasteiger partial charge in [0, 0.05) is 28.5 Å². The number of aromatic nitrogens is 2. The lowest BCUT2D eigenvalue weighted by Gasteiger charge is -2.32. The highest BCUT2D eigenvalue weighted by Crippen LogP contribution is 2.47. The number of halogens is 1. The monoisotopic (exact) mass is 703 g/mol. The zero-order valence-corrected chi connectivity index (χ0v) is 31.3. The summed E-state index contributed by atoms with van der Waals surface area (Å²) >= 11 is 1.58. The van der Waals surface area contributed by atoms with E-state index in [1.54, 1.807) is 17.4 Å². The highest BCUT2D eigenvalue weighted by atomic mass is 32.1. The molecule has 2 atom stereocenters. The minimum absolute atomic E-state index is 0.00712. The lowest BCUT2D eigenvalue weighted by atomic mass is 9.78. The van der Waals surface area contributed by atoms with Crippen LogP contribution in [0.5, 0.6) is 0 Å². The smallest absolute Gasteiger partial charge is 0.218 e. The number of aryl methyl sites for hydroxylation is 1. The first-order chi connectivity index (χ1) is 24.7. The van der Waals surface area contributed by atoms with Crippen molar-refractivity contribution in [3.63, 3.8) is 0 Å².